The number of aromatic amines is 1. The number of aliphatic carboxylic acids is 1. The molecule has 2 aromatic rings. The second-order valence-corrected chi connectivity index (χ2v) is 10.0. The number of carboxylic acids is 1. The summed E-state index contributed by atoms with van der Waals surface area (Å²) in [5.74, 6) is -2.89. The molecule has 0 fully saturated rings. The second kappa shape index (κ2) is 16.2. The van der Waals surface area contributed by atoms with Gasteiger partial charge >= 0.3 is 5.97 Å². The summed E-state index contributed by atoms with van der Waals surface area (Å²) in [6.07, 6.45) is 5.25. The van der Waals surface area contributed by atoms with Crippen molar-refractivity contribution in [3.05, 3.63) is 54.1 Å². The van der Waals surface area contributed by atoms with E-state index >= 15 is 0 Å². The van der Waals surface area contributed by atoms with Crippen molar-refractivity contribution in [2.75, 3.05) is 6.54 Å². The number of aromatic nitrogens is 2. The topological polar surface area (TPSA) is 205 Å². The highest BCUT2D eigenvalue weighted by molar-refractivity contribution is 5.94. The fourth-order valence-corrected chi connectivity index (χ4v) is 4.04. The number of nitrogens with two attached hydrogens (primary N) is 2. The molecule has 1 aromatic heterocycles. The molecule has 0 aliphatic rings. The molecule has 4 unspecified atom stereocenters. The van der Waals surface area contributed by atoms with E-state index in [-0.39, 0.29) is 25.2 Å². The molecule has 0 bridgehead atoms. The van der Waals surface area contributed by atoms with Crippen molar-refractivity contribution in [3.63, 3.8) is 0 Å². The summed E-state index contributed by atoms with van der Waals surface area (Å²) in [7, 11) is 0. The molecular formula is C27H41N7O5. The Bertz CT molecular complexity index is 1050. The van der Waals surface area contributed by atoms with E-state index in [1.54, 1.807) is 24.3 Å². The number of hydrogen-bond donors (Lipinski definition) is 7. The van der Waals surface area contributed by atoms with Gasteiger partial charge in [-0.25, -0.2) is 9.78 Å². The van der Waals surface area contributed by atoms with Gasteiger partial charge in [0.05, 0.1) is 12.4 Å². The van der Waals surface area contributed by atoms with Crippen molar-refractivity contribution in [3.8, 4) is 0 Å². The quantitative estimate of drug-likeness (QED) is 0.137. The van der Waals surface area contributed by atoms with Crippen LogP contribution >= 0.6 is 0 Å². The zero-order chi connectivity index (χ0) is 28.8. The predicted octanol–water partition coefficient (Wildman–Crippen LogP) is 0.236. The lowest BCUT2D eigenvalue weighted by atomic mass is 10.0. The van der Waals surface area contributed by atoms with Crippen LogP contribution in [0.15, 0.2) is 42.9 Å². The molecule has 0 radical (unpaired) electrons. The first-order valence-electron chi connectivity index (χ1n) is 13.2. The van der Waals surface area contributed by atoms with Crippen LogP contribution in [0.1, 0.15) is 50.8 Å². The molecule has 1 heterocycles. The number of H-pyrrole nitrogens is 1. The van der Waals surface area contributed by atoms with Crippen LogP contribution in [0, 0.1) is 5.92 Å². The van der Waals surface area contributed by atoms with Crippen molar-refractivity contribution < 1.29 is 24.3 Å². The first-order valence-corrected chi connectivity index (χ1v) is 13.2. The average molecular weight is 544 g/mol. The molecule has 12 heteroatoms. The highest BCUT2D eigenvalue weighted by Crippen LogP contribution is 2.10. The summed E-state index contributed by atoms with van der Waals surface area (Å²) in [5, 5.41) is 17.7. The molecule has 0 aliphatic heterocycles. The molecular weight excluding hydrogens is 502 g/mol. The standard InChI is InChI=1S/C27H41N7O5/c1-17(2)12-21(25(36)34-23(27(38)39)13-18-8-4-3-5-9-18)33-26(37)22(14-19-15-30-16-31-19)32-24(35)20(29)10-6-7-11-28/h3-5,8-9,15-17,20-23H,6-7,10-14,28-29H2,1-2H3,(H,30,31)(H,32,35)(H,33,37)(H,34,36)(H,38,39). The van der Waals surface area contributed by atoms with Gasteiger partial charge in [-0.2, -0.15) is 0 Å². The fourth-order valence-electron chi connectivity index (χ4n) is 4.04. The minimum absolute atomic E-state index is 0.00932. The van der Waals surface area contributed by atoms with Gasteiger partial charge in [0.2, 0.25) is 17.7 Å². The monoisotopic (exact) mass is 543 g/mol. The lowest BCUT2D eigenvalue weighted by Gasteiger charge is -2.26. The van der Waals surface area contributed by atoms with Crippen LogP contribution in [-0.2, 0) is 32.0 Å². The first-order chi connectivity index (χ1) is 18.6. The van der Waals surface area contributed by atoms with E-state index in [1.807, 2.05) is 19.9 Å². The van der Waals surface area contributed by atoms with Crippen molar-refractivity contribution in [1.29, 1.82) is 0 Å². The molecule has 0 saturated carbocycles. The summed E-state index contributed by atoms with van der Waals surface area (Å²) in [4.78, 5) is 58.1. The Morgan fingerprint density at radius 1 is 0.923 bits per heavy atom. The fraction of sp³-hybridized carbons (Fsp3) is 0.519. The van der Waals surface area contributed by atoms with Crippen LogP contribution in [0.2, 0.25) is 0 Å². The number of carboxylic acid groups (broad SMARTS) is 1. The van der Waals surface area contributed by atoms with Crippen molar-refractivity contribution in [1.82, 2.24) is 25.9 Å². The summed E-state index contributed by atoms with van der Waals surface area (Å²) in [6.45, 7) is 4.26. The van der Waals surface area contributed by atoms with Crippen LogP contribution in [0.25, 0.3) is 0 Å². The van der Waals surface area contributed by atoms with Gasteiger partial charge in [-0.15, -0.1) is 0 Å². The molecule has 0 saturated heterocycles. The molecule has 9 N–H and O–H groups in total. The maximum atomic E-state index is 13.4. The van der Waals surface area contributed by atoms with Gasteiger partial charge in [0.15, 0.2) is 0 Å². The number of rotatable bonds is 17. The normalized spacial score (nSPS) is 14.2. The summed E-state index contributed by atoms with van der Waals surface area (Å²) in [5.41, 5.74) is 12.9. The van der Waals surface area contributed by atoms with Crippen molar-refractivity contribution >= 4 is 23.7 Å². The predicted molar refractivity (Wildman–Crippen MR) is 146 cm³/mol. The minimum Gasteiger partial charge on any atom is -0.480 e. The van der Waals surface area contributed by atoms with E-state index in [4.69, 9.17) is 11.5 Å². The number of hydrogen-bond acceptors (Lipinski definition) is 7. The van der Waals surface area contributed by atoms with Gasteiger partial charge in [0.25, 0.3) is 0 Å². The zero-order valence-electron chi connectivity index (χ0n) is 22.6. The lowest BCUT2D eigenvalue weighted by Crippen LogP contribution is -2.58. The Morgan fingerprint density at radius 2 is 1.56 bits per heavy atom. The third kappa shape index (κ3) is 11.2. The molecule has 0 spiro atoms. The van der Waals surface area contributed by atoms with E-state index < -0.39 is 47.9 Å². The Hall–Kier alpha value is -3.77. The summed E-state index contributed by atoms with van der Waals surface area (Å²) >= 11 is 0. The molecule has 4 atom stereocenters. The van der Waals surface area contributed by atoms with E-state index in [0.717, 1.165) is 12.0 Å². The Morgan fingerprint density at radius 3 is 2.15 bits per heavy atom. The Kier molecular flexibility index (Phi) is 13.1. The van der Waals surface area contributed by atoms with Gasteiger partial charge in [0.1, 0.15) is 18.1 Å². The molecule has 3 amide bonds. The zero-order valence-corrected chi connectivity index (χ0v) is 22.6. The maximum absolute atomic E-state index is 13.4. The van der Waals surface area contributed by atoms with Crippen LogP contribution in [0.4, 0.5) is 0 Å². The SMILES string of the molecule is CC(C)CC(NC(=O)C(Cc1cnc[nH]1)NC(=O)C(N)CCCCN)C(=O)NC(Cc1ccccc1)C(=O)O. The number of unbranched alkanes of at least 4 members (excludes halogenated alkanes) is 1. The van der Waals surface area contributed by atoms with E-state index in [0.29, 0.717) is 25.1 Å². The summed E-state index contributed by atoms with van der Waals surface area (Å²) < 4.78 is 0. The molecule has 2 rings (SSSR count). The van der Waals surface area contributed by atoms with Crippen LogP contribution in [-0.4, -0.2) is 69.5 Å². The average Bonchev–Trinajstić information content (AvgIpc) is 3.41. The molecule has 12 nitrogen and oxygen atoms in total. The van der Waals surface area contributed by atoms with Crippen molar-refractivity contribution in [2.24, 2.45) is 17.4 Å². The van der Waals surface area contributed by atoms with E-state index in [2.05, 4.69) is 25.9 Å². The smallest absolute Gasteiger partial charge is 0.326 e. The second-order valence-electron chi connectivity index (χ2n) is 10.0. The lowest BCUT2D eigenvalue weighted by molar-refractivity contribution is -0.142. The van der Waals surface area contributed by atoms with Crippen LogP contribution in [0.5, 0.6) is 0 Å². The molecule has 214 valence electrons. The molecule has 39 heavy (non-hydrogen) atoms. The third-order valence-corrected chi connectivity index (χ3v) is 6.16. The number of amides is 3. The van der Waals surface area contributed by atoms with Crippen LogP contribution < -0.4 is 27.4 Å². The Labute approximate surface area is 228 Å². The van der Waals surface area contributed by atoms with Gasteiger partial charge in [-0.3, -0.25) is 14.4 Å². The summed E-state index contributed by atoms with van der Waals surface area (Å²) in [6, 6.07) is 4.88. The Balaban J connectivity index is 2.15. The minimum atomic E-state index is -1.19. The first kappa shape index (κ1) is 31.4. The van der Waals surface area contributed by atoms with Crippen molar-refractivity contribution in [2.45, 2.75) is 76.5 Å². The molecule has 1 aromatic carbocycles. The number of nitrogens with zero attached hydrogens (tertiary/aromatic N) is 1. The highest BCUT2D eigenvalue weighted by Gasteiger charge is 2.31. The third-order valence-electron chi connectivity index (χ3n) is 6.16. The van der Waals surface area contributed by atoms with Gasteiger partial charge in [-0.1, -0.05) is 50.6 Å². The number of imidazole rings is 1. The number of nitrogens with one attached hydrogen (secondary N) is 4. The van der Waals surface area contributed by atoms with E-state index in [9.17, 15) is 24.3 Å². The van der Waals surface area contributed by atoms with Gasteiger partial charge in [-0.05, 0) is 37.3 Å². The van der Waals surface area contributed by atoms with Gasteiger partial charge < -0.3 is 37.5 Å². The largest absolute Gasteiger partial charge is 0.480 e. The number of carbonyl (C=O) groups excluding carboxylic acids is 3. The molecule has 0 aliphatic carbocycles. The highest BCUT2D eigenvalue weighted by atomic mass is 16.4. The number of benzene rings is 1. The van der Waals surface area contributed by atoms with E-state index in [1.165, 1.54) is 12.5 Å². The number of carbonyl (C=O) groups is 4. The maximum Gasteiger partial charge on any atom is 0.326 e. The van der Waals surface area contributed by atoms with Crippen LogP contribution in [0.3, 0.4) is 0 Å². The van der Waals surface area contributed by atoms with Gasteiger partial charge in [0, 0.05) is 24.7 Å².